The number of halogens is 1. The number of hydrogen-bond donors (Lipinski definition) is 1. The van der Waals surface area contributed by atoms with Crippen molar-refractivity contribution in [3.05, 3.63) is 64.2 Å². The van der Waals surface area contributed by atoms with E-state index in [2.05, 4.69) is 10.2 Å². The van der Waals surface area contributed by atoms with E-state index < -0.39 is 0 Å². The van der Waals surface area contributed by atoms with Crippen molar-refractivity contribution in [2.45, 2.75) is 38.6 Å². The van der Waals surface area contributed by atoms with Gasteiger partial charge < -0.3 is 15.0 Å². The molecule has 29 heavy (non-hydrogen) atoms. The van der Waals surface area contributed by atoms with Gasteiger partial charge in [0.05, 0.1) is 18.2 Å². The number of benzene rings is 2. The van der Waals surface area contributed by atoms with Gasteiger partial charge in [0.1, 0.15) is 0 Å². The summed E-state index contributed by atoms with van der Waals surface area (Å²) in [6.45, 7) is 3.89. The maximum atomic E-state index is 13.0. The van der Waals surface area contributed by atoms with Crippen LogP contribution >= 0.6 is 11.6 Å². The molecule has 5 nitrogen and oxygen atoms in total. The fraction of sp³-hybridized carbons (Fsp3) is 0.391. The summed E-state index contributed by atoms with van der Waals surface area (Å²) in [6, 6.07) is 12.7. The van der Waals surface area contributed by atoms with E-state index >= 15 is 0 Å². The average Bonchev–Trinajstić information content (AvgIpc) is 2.74. The highest BCUT2D eigenvalue weighted by atomic mass is 35.5. The van der Waals surface area contributed by atoms with Gasteiger partial charge in [-0.25, -0.2) is 4.79 Å². The number of esters is 1. The summed E-state index contributed by atoms with van der Waals surface area (Å²) in [5.74, 6) is -0.476. The number of ether oxygens (including phenoxy) is 1. The van der Waals surface area contributed by atoms with Crippen molar-refractivity contribution in [2.24, 2.45) is 0 Å². The second-order valence-electron chi connectivity index (χ2n) is 7.48. The third-order valence-electron chi connectivity index (χ3n) is 5.19. The molecule has 1 N–H and O–H groups in total. The van der Waals surface area contributed by atoms with E-state index in [1.807, 2.05) is 31.2 Å². The number of hydrogen-bond acceptors (Lipinski definition) is 4. The van der Waals surface area contributed by atoms with Crippen LogP contribution in [0.4, 0.5) is 5.69 Å². The molecule has 154 valence electrons. The maximum absolute atomic E-state index is 13.0. The summed E-state index contributed by atoms with van der Waals surface area (Å²) in [5, 5.41) is 3.64. The quantitative estimate of drug-likeness (QED) is 0.708. The number of carbonyl (C=O) groups excluding carboxylic acids is 2. The predicted molar refractivity (Wildman–Crippen MR) is 116 cm³/mol. The Bertz CT molecular complexity index is 861. The number of rotatable bonds is 6. The number of nitrogens with one attached hydrogen (secondary N) is 1. The zero-order valence-corrected chi connectivity index (χ0v) is 17.7. The van der Waals surface area contributed by atoms with Gasteiger partial charge in [-0.2, -0.15) is 0 Å². The molecule has 1 atom stereocenters. The van der Waals surface area contributed by atoms with E-state index in [4.69, 9.17) is 16.3 Å². The minimum Gasteiger partial charge on any atom is -0.465 e. The minimum atomic E-state index is -0.357. The summed E-state index contributed by atoms with van der Waals surface area (Å²) in [7, 11) is 1.36. The number of methoxy groups -OCH3 is 1. The Morgan fingerprint density at radius 2 is 1.79 bits per heavy atom. The molecule has 2 aromatic carbocycles. The van der Waals surface area contributed by atoms with Gasteiger partial charge in [-0.1, -0.05) is 23.7 Å². The standard InChI is InChI=1S/C23H27ClN2O3/c1-16(14-17-6-8-18(9-7-17)23(28)29-2)25-22(27)20-15-19(24)10-11-21(20)26-12-4-3-5-13-26/h6-11,15-16H,3-5,12-14H2,1-2H3,(H,25,27). The molecular weight excluding hydrogens is 388 g/mol. The van der Waals surface area contributed by atoms with Gasteiger partial charge in [0.2, 0.25) is 0 Å². The summed E-state index contributed by atoms with van der Waals surface area (Å²) in [5.41, 5.74) is 3.11. The van der Waals surface area contributed by atoms with Gasteiger partial charge in [0.15, 0.2) is 0 Å². The van der Waals surface area contributed by atoms with Crippen molar-refractivity contribution in [1.82, 2.24) is 5.32 Å². The van der Waals surface area contributed by atoms with Gasteiger partial charge in [-0.15, -0.1) is 0 Å². The van der Waals surface area contributed by atoms with E-state index in [0.717, 1.165) is 37.2 Å². The molecule has 0 spiro atoms. The Hall–Kier alpha value is -2.53. The lowest BCUT2D eigenvalue weighted by Gasteiger charge is -2.30. The molecule has 0 aliphatic carbocycles. The lowest BCUT2D eigenvalue weighted by atomic mass is 10.0. The van der Waals surface area contributed by atoms with Crippen LogP contribution in [0.1, 0.15) is 52.5 Å². The van der Waals surface area contributed by atoms with Crippen LogP contribution < -0.4 is 10.2 Å². The van der Waals surface area contributed by atoms with Crippen LogP contribution in [0.3, 0.4) is 0 Å². The molecule has 1 aliphatic heterocycles. The molecular formula is C23H27ClN2O3. The molecule has 0 radical (unpaired) electrons. The van der Waals surface area contributed by atoms with Crippen molar-refractivity contribution in [3.63, 3.8) is 0 Å². The summed E-state index contributed by atoms with van der Waals surface area (Å²) < 4.78 is 4.72. The first-order valence-electron chi connectivity index (χ1n) is 10.0. The summed E-state index contributed by atoms with van der Waals surface area (Å²) >= 11 is 6.18. The molecule has 1 fully saturated rings. The smallest absolute Gasteiger partial charge is 0.337 e. The largest absolute Gasteiger partial charge is 0.465 e. The fourth-order valence-corrected chi connectivity index (χ4v) is 3.87. The molecule has 0 aromatic heterocycles. The second kappa shape index (κ2) is 9.79. The van der Waals surface area contributed by atoms with Crippen LogP contribution in [-0.2, 0) is 11.2 Å². The van der Waals surface area contributed by atoms with Gasteiger partial charge >= 0.3 is 5.97 Å². The van der Waals surface area contributed by atoms with E-state index in [-0.39, 0.29) is 17.9 Å². The topological polar surface area (TPSA) is 58.6 Å². The molecule has 3 rings (SSSR count). The van der Waals surface area contributed by atoms with E-state index in [0.29, 0.717) is 22.6 Å². The Labute approximate surface area is 177 Å². The van der Waals surface area contributed by atoms with Gasteiger partial charge in [-0.3, -0.25) is 4.79 Å². The highest BCUT2D eigenvalue weighted by molar-refractivity contribution is 6.31. The molecule has 1 aliphatic rings. The molecule has 1 amide bonds. The van der Waals surface area contributed by atoms with Crippen molar-refractivity contribution in [1.29, 1.82) is 0 Å². The first-order chi connectivity index (χ1) is 14.0. The Morgan fingerprint density at radius 1 is 1.10 bits per heavy atom. The van der Waals surface area contributed by atoms with Crippen molar-refractivity contribution in [3.8, 4) is 0 Å². The molecule has 2 aromatic rings. The monoisotopic (exact) mass is 414 g/mol. The molecule has 6 heteroatoms. The predicted octanol–water partition coefficient (Wildman–Crippen LogP) is 4.48. The first kappa shape index (κ1) is 21.2. The number of amides is 1. The number of carbonyl (C=O) groups is 2. The molecule has 1 heterocycles. The van der Waals surface area contributed by atoms with Gasteiger partial charge in [-0.05, 0) is 68.5 Å². The van der Waals surface area contributed by atoms with Crippen LogP contribution in [0.15, 0.2) is 42.5 Å². The third kappa shape index (κ3) is 5.51. The minimum absolute atomic E-state index is 0.0698. The Kier molecular flexibility index (Phi) is 7.15. The van der Waals surface area contributed by atoms with Crippen LogP contribution in [0.5, 0.6) is 0 Å². The third-order valence-corrected chi connectivity index (χ3v) is 5.43. The Balaban J connectivity index is 1.68. The average molecular weight is 415 g/mol. The second-order valence-corrected chi connectivity index (χ2v) is 7.91. The lowest BCUT2D eigenvalue weighted by molar-refractivity contribution is 0.0600. The van der Waals surface area contributed by atoms with E-state index in [1.54, 1.807) is 18.2 Å². The number of nitrogens with zero attached hydrogens (tertiary/aromatic N) is 1. The Morgan fingerprint density at radius 3 is 2.45 bits per heavy atom. The highest BCUT2D eigenvalue weighted by Gasteiger charge is 2.20. The molecule has 0 saturated carbocycles. The highest BCUT2D eigenvalue weighted by Crippen LogP contribution is 2.27. The van der Waals surface area contributed by atoms with Gasteiger partial charge in [0, 0.05) is 29.8 Å². The fourth-order valence-electron chi connectivity index (χ4n) is 3.70. The van der Waals surface area contributed by atoms with E-state index in [9.17, 15) is 9.59 Å². The van der Waals surface area contributed by atoms with Crippen LogP contribution in [0.25, 0.3) is 0 Å². The van der Waals surface area contributed by atoms with Gasteiger partial charge in [0.25, 0.3) is 5.91 Å². The van der Waals surface area contributed by atoms with Crippen LogP contribution in [-0.4, -0.2) is 38.1 Å². The SMILES string of the molecule is COC(=O)c1ccc(CC(C)NC(=O)c2cc(Cl)ccc2N2CCCCC2)cc1. The lowest BCUT2D eigenvalue weighted by Crippen LogP contribution is -2.36. The molecule has 1 saturated heterocycles. The van der Waals surface area contributed by atoms with E-state index in [1.165, 1.54) is 13.5 Å². The summed E-state index contributed by atoms with van der Waals surface area (Å²) in [6.07, 6.45) is 4.17. The summed E-state index contributed by atoms with van der Waals surface area (Å²) in [4.78, 5) is 26.8. The normalized spacial score (nSPS) is 14.9. The van der Waals surface area contributed by atoms with Crippen molar-refractivity contribution < 1.29 is 14.3 Å². The maximum Gasteiger partial charge on any atom is 0.337 e. The zero-order valence-electron chi connectivity index (χ0n) is 16.9. The zero-order chi connectivity index (χ0) is 20.8. The van der Waals surface area contributed by atoms with Crippen molar-refractivity contribution in [2.75, 3.05) is 25.1 Å². The number of anilines is 1. The molecule has 1 unspecified atom stereocenters. The van der Waals surface area contributed by atoms with Crippen molar-refractivity contribution >= 4 is 29.2 Å². The number of piperidine rings is 1. The van der Waals surface area contributed by atoms with Crippen LogP contribution in [0.2, 0.25) is 5.02 Å². The molecule has 0 bridgehead atoms. The van der Waals surface area contributed by atoms with Crippen LogP contribution in [0, 0.1) is 0 Å². The first-order valence-corrected chi connectivity index (χ1v) is 10.4.